The van der Waals surface area contributed by atoms with Gasteiger partial charge in [0.05, 0.1) is 6.42 Å². The molecule has 92 valence electrons. The molecule has 0 unspecified atom stereocenters. The summed E-state index contributed by atoms with van der Waals surface area (Å²) in [7, 11) is 0. The second-order valence-corrected chi connectivity index (χ2v) is 4.05. The van der Waals surface area contributed by atoms with Crippen molar-refractivity contribution in [1.82, 2.24) is 0 Å². The Morgan fingerprint density at radius 1 is 0.800 bits per heavy atom. The smallest absolute Gasteiger partial charge is 0.207 e. The lowest BCUT2D eigenvalue weighted by atomic mass is 10.0. The Morgan fingerprint density at radius 3 is 1.87 bits per heavy atom. The van der Waals surface area contributed by atoms with Gasteiger partial charge in [0.1, 0.15) is 0 Å². The zero-order valence-electron chi connectivity index (χ0n) is 9.46. The number of halogens is 4. The second kappa shape index (κ2) is 6.33. The molecule has 0 saturated heterocycles. The van der Waals surface area contributed by atoms with Crippen LogP contribution in [-0.4, -0.2) is 11.8 Å². The highest BCUT2D eigenvalue weighted by atomic mass is 19.3. The fraction of sp³-hybridized carbons (Fsp3) is 1.00. The Hall–Kier alpha value is -0.280. The molecule has 0 atom stereocenters. The van der Waals surface area contributed by atoms with E-state index in [-0.39, 0.29) is 0 Å². The average Bonchev–Trinajstić information content (AvgIpc) is 2.11. The molecule has 15 heavy (non-hydrogen) atoms. The summed E-state index contributed by atoms with van der Waals surface area (Å²) in [5.74, 6) is -6.44. The third-order valence-corrected chi connectivity index (χ3v) is 2.43. The van der Waals surface area contributed by atoms with Gasteiger partial charge in [0.25, 0.3) is 11.8 Å². The van der Waals surface area contributed by atoms with Gasteiger partial charge in [0, 0.05) is 12.8 Å². The van der Waals surface area contributed by atoms with E-state index < -0.39 is 31.1 Å². The van der Waals surface area contributed by atoms with E-state index in [1.54, 1.807) is 0 Å². The average molecular weight is 228 g/mol. The topological polar surface area (TPSA) is 0 Å². The summed E-state index contributed by atoms with van der Waals surface area (Å²) in [4.78, 5) is 0. The lowest BCUT2D eigenvalue weighted by Crippen LogP contribution is -2.28. The van der Waals surface area contributed by atoms with Gasteiger partial charge in [-0.2, -0.15) is 0 Å². The Bertz CT molecular complexity index is 166. The van der Waals surface area contributed by atoms with Crippen molar-refractivity contribution in [3.63, 3.8) is 0 Å². The molecule has 0 amide bonds. The van der Waals surface area contributed by atoms with E-state index in [4.69, 9.17) is 0 Å². The van der Waals surface area contributed by atoms with E-state index >= 15 is 0 Å². The molecule has 0 heterocycles. The van der Waals surface area contributed by atoms with Crippen LogP contribution >= 0.6 is 0 Å². The van der Waals surface area contributed by atoms with Gasteiger partial charge in [-0.05, 0) is 6.42 Å². The highest BCUT2D eigenvalue weighted by Gasteiger charge is 2.41. The first-order valence-electron chi connectivity index (χ1n) is 5.58. The molecular formula is C11H20F4. The largest absolute Gasteiger partial charge is 0.253 e. The summed E-state index contributed by atoms with van der Waals surface area (Å²) in [5.41, 5.74) is 0. The van der Waals surface area contributed by atoms with Crippen LogP contribution in [0.2, 0.25) is 0 Å². The molecular weight excluding hydrogens is 208 g/mol. The van der Waals surface area contributed by atoms with Crippen LogP contribution in [0.25, 0.3) is 0 Å². The highest BCUT2D eigenvalue weighted by molar-refractivity contribution is 4.76. The second-order valence-electron chi connectivity index (χ2n) is 4.05. The fourth-order valence-corrected chi connectivity index (χ4v) is 1.40. The summed E-state index contributed by atoms with van der Waals surface area (Å²) in [6.07, 6.45) is 0.643. The molecule has 0 saturated carbocycles. The van der Waals surface area contributed by atoms with Crippen molar-refractivity contribution in [1.29, 1.82) is 0 Å². The Labute approximate surface area is 89.1 Å². The summed E-state index contributed by atoms with van der Waals surface area (Å²) >= 11 is 0. The number of rotatable bonds is 8. The van der Waals surface area contributed by atoms with Crippen molar-refractivity contribution >= 4 is 0 Å². The Kier molecular flexibility index (Phi) is 6.22. The van der Waals surface area contributed by atoms with Crippen LogP contribution in [-0.2, 0) is 0 Å². The lowest BCUT2D eigenvalue weighted by Gasteiger charge is -2.22. The first-order valence-corrected chi connectivity index (χ1v) is 5.58. The van der Waals surface area contributed by atoms with Crippen molar-refractivity contribution in [3.8, 4) is 0 Å². The van der Waals surface area contributed by atoms with Crippen LogP contribution < -0.4 is 0 Å². The molecule has 0 aromatic carbocycles. The zero-order valence-corrected chi connectivity index (χ0v) is 9.46. The third-order valence-electron chi connectivity index (χ3n) is 2.43. The van der Waals surface area contributed by atoms with Gasteiger partial charge in [-0.15, -0.1) is 0 Å². The maximum atomic E-state index is 13.1. The SMILES string of the molecule is CCCCCCC(F)(F)CC(F)(F)CC. The van der Waals surface area contributed by atoms with Gasteiger partial charge in [0.2, 0.25) is 0 Å². The van der Waals surface area contributed by atoms with Crippen molar-refractivity contribution in [3.05, 3.63) is 0 Å². The molecule has 0 rings (SSSR count). The van der Waals surface area contributed by atoms with Crippen molar-refractivity contribution in [2.75, 3.05) is 0 Å². The van der Waals surface area contributed by atoms with E-state index in [0.29, 0.717) is 12.8 Å². The minimum Gasteiger partial charge on any atom is -0.207 e. The summed E-state index contributed by atoms with van der Waals surface area (Å²) in [6.45, 7) is 3.20. The molecule has 0 aromatic rings. The van der Waals surface area contributed by atoms with Crippen LogP contribution in [0.1, 0.15) is 58.8 Å². The summed E-state index contributed by atoms with van der Waals surface area (Å²) < 4.78 is 51.6. The Balaban J connectivity index is 3.85. The van der Waals surface area contributed by atoms with E-state index in [2.05, 4.69) is 0 Å². The predicted octanol–water partition coefficient (Wildman–Crippen LogP) is 5.03. The third kappa shape index (κ3) is 7.63. The van der Waals surface area contributed by atoms with Gasteiger partial charge >= 0.3 is 0 Å². The first kappa shape index (κ1) is 14.7. The molecule has 0 aliphatic heterocycles. The molecule has 0 bridgehead atoms. The number of hydrogen-bond donors (Lipinski definition) is 0. The quantitative estimate of drug-likeness (QED) is 0.404. The van der Waals surface area contributed by atoms with Crippen LogP contribution in [0, 0.1) is 0 Å². The van der Waals surface area contributed by atoms with Crippen LogP contribution in [0.15, 0.2) is 0 Å². The van der Waals surface area contributed by atoms with Gasteiger partial charge in [-0.3, -0.25) is 0 Å². The van der Waals surface area contributed by atoms with Crippen molar-refractivity contribution < 1.29 is 17.6 Å². The first-order chi connectivity index (χ1) is 6.83. The monoisotopic (exact) mass is 228 g/mol. The van der Waals surface area contributed by atoms with Gasteiger partial charge in [0.15, 0.2) is 0 Å². The molecule has 0 spiro atoms. The van der Waals surface area contributed by atoms with E-state index in [1.807, 2.05) is 6.92 Å². The Morgan fingerprint density at radius 2 is 1.40 bits per heavy atom. The van der Waals surface area contributed by atoms with Gasteiger partial charge in [-0.25, -0.2) is 17.6 Å². The van der Waals surface area contributed by atoms with E-state index in [1.165, 1.54) is 6.92 Å². The molecule has 4 heteroatoms. The molecule has 0 aliphatic rings. The minimum atomic E-state index is -3.23. The van der Waals surface area contributed by atoms with Crippen LogP contribution in [0.5, 0.6) is 0 Å². The molecule has 0 aromatic heterocycles. The predicted molar refractivity (Wildman–Crippen MR) is 53.6 cm³/mol. The highest BCUT2D eigenvalue weighted by Crippen LogP contribution is 2.35. The number of alkyl halides is 4. The maximum absolute atomic E-state index is 13.1. The van der Waals surface area contributed by atoms with E-state index in [9.17, 15) is 17.6 Å². The van der Waals surface area contributed by atoms with Crippen molar-refractivity contribution in [2.45, 2.75) is 70.6 Å². The molecule has 0 aliphatic carbocycles. The van der Waals surface area contributed by atoms with Crippen LogP contribution in [0.3, 0.4) is 0 Å². The molecule has 0 nitrogen and oxygen atoms in total. The molecule has 0 N–H and O–H groups in total. The normalized spacial score (nSPS) is 13.2. The summed E-state index contributed by atoms with van der Waals surface area (Å²) in [6, 6.07) is 0. The van der Waals surface area contributed by atoms with Gasteiger partial charge < -0.3 is 0 Å². The van der Waals surface area contributed by atoms with Gasteiger partial charge in [-0.1, -0.05) is 33.1 Å². The number of unbranched alkanes of at least 4 members (excludes halogenated alkanes) is 3. The molecule has 0 fully saturated rings. The number of hydrogen-bond acceptors (Lipinski definition) is 0. The van der Waals surface area contributed by atoms with Crippen molar-refractivity contribution in [2.24, 2.45) is 0 Å². The zero-order chi connectivity index (χ0) is 11.9. The standard InChI is InChI=1S/C11H20F4/c1-3-5-6-7-8-11(14,15)9-10(12,13)4-2/h3-9H2,1-2H3. The minimum absolute atomic E-state index is 0.334. The maximum Gasteiger partial charge on any atom is 0.253 e. The lowest BCUT2D eigenvalue weighted by molar-refractivity contribution is -0.116. The van der Waals surface area contributed by atoms with Crippen LogP contribution in [0.4, 0.5) is 17.6 Å². The fourth-order valence-electron chi connectivity index (χ4n) is 1.40. The summed E-state index contributed by atoms with van der Waals surface area (Å²) in [5, 5.41) is 0. The molecule has 0 radical (unpaired) electrons. The van der Waals surface area contributed by atoms with E-state index in [0.717, 1.165) is 12.8 Å².